The number of hydrogen-bond donors (Lipinski definition) is 1. The number of carbonyl (C=O) groups is 1. The number of amides is 1. The van der Waals surface area contributed by atoms with Gasteiger partial charge in [-0.05, 0) is 12.0 Å². The normalized spacial score (nSPS) is 16.7. The maximum atomic E-state index is 11.7. The van der Waals surface area contributed by atoms with Gasteiger partial charge in [0.25, 0.3) is 0 Å². The molecule has 0 unspecified atom stereocenters. The van der Waals surface area contributed by atoms with Crippen LogP contribution in [0, 0.1) is 0 Å². The van der Waals surface area contributed by atoms with Gasteiger partial charge in [-0.2, -0.15) is 0 Å². The van der Waals surface area contributed by atoms with Crippen LogP contribution in [0.5, 0.6) is 0 Å². The molecule has 0 spiro atoms. The van der Waals surface area contributed by atoms with Crippen LogP contribution in [0.15, 0.2) is 30.3 Å². The van der Waals surface area contributed by atoms with Crippen molar-refractivity contribution in [1.82, 2.24) is 10.4 Å². The van der Waals surface area contributed by atoms with Gasteiger partial charge >= 0.3 is 0 Å². The number of hydrazine groups is 1. The number of nitrogens with zero attached hydrogens (tertiary/aromatic N) is 1. The van der Waals surface area contributed by atoms with Crippen molar-refractivity contribution in [2.75, 3.05) is 26.3 Å². The van der Waals surface area contributed by atoms with Crippen LogP contribution in [0.2, 0.25) is 0 Å². The Kier molecular flexibility index (Phi) is 4.53. The number of rotatable bonds is 4. The van der Waals surface area contributed by atoms with E-state index in [-0.39, 0.29) is 5.91 Å². The Hall–Kier alpha value is -1.39. The number of aryl methyl sites for hydroxylation is 1. The SMILES string of the molecule is O=C(CCc1ccccc1)NN1CCOCC1. The molecule has 1 fully saturated rings. The lowest BCUT2D eigenvalue weighted by molar-refractivity contribution is -0.127. The molecule has 0 aliphatic carbocycles. The lowest BCUT2D eigenvalue weighted by Crippen LogP contribution is -2.48. The van der Waals surface area contributed by atoms with Crippen molar-refractivity contribution >= 4 is 5.91 Å². The van der Waals surface area contributed by atoms with Gasteiger partial charge in [-0.1, -0.05) is 30.3 Å². The fourth-order valence-electron chi connectivity index (χ4n) is 1.81. The highest BCUT2D eigenvalue weighted by molar-refractivity contribution is 5.75. The zero-order valence-corrected chi connectivity index (χ0v) is 9.89. The summed E-state index contributed by atoms with van der Waals surface area (Å²) in [5.74, 6) is 0.0794. The monoisotopic (exact) mass is 234 g/mol. The van der Waals surface area contributed by atoms with Crippen molar-refractivity contribution in [2.24, 2.45) is 0 Å². The minimum Gasteiger partial charge on any atom is -0.379 e. The largest absolute Gasteiger partial charge is 0.379 e. The summed E-state index contributed by atoms with van der Waals surface area (Å²) in [6.45, 7) is 2.94. The standard InChI is InChI=1S/C13H18N2O2/c16-13(14-15-8-10-17-11-9-15)7-6-12-4-2-1-3-5-12/h1-5H,6-11H2,(H,14,16). The van der Waals surface area contributed by atoms with Gasteiger partial charge < -0.3 is 4.74 Å². The average Bonchev–Trinajstić information content (AvgIpc) is 2.39. The third kappa shape index (κ3) is 4.17. The highest BCUT2D eigenvalue weighted by atomic mass is 16.5. The van der Waals surface area contributed by atoms with Crippen LogP contribution in [0.4, 0.5) is 0 Å². The van der Waals surface area contributed by atoms with Gasteiger partial charge in [0.05, 0.1) is 13.2 Å². The first-order valence-corrected chi connectivity index (χ1v) is 6.01. The van der Waals surface area contributed by atoms with Crippen molar-refractivity contribution in [2.45, 2.75) is 12.8 Å². The maximum absolute atomic E-state index is 11.7. The second-order valence-electron chi connectivity index (χ2n) is 4.12. The molecule has 1 aromatic rings. The summed E-state index contributed by atoms with van der Waals surface area (Å²) in [6.07, 6.45) is 1.32. The molecule has 1 aromatic carbocycles. The van der Waals surface area contributed by atoms with Gasteiger partial charge in [-0.3, -0.25) is 10.2 Å². The van der Waals surface area contributed by atoms with Gasteiger partial charge in [0, 0.05) is 19.5 Å². The maximum Gasteiger partial charge on any atom is 0.234 e. The second kappa shape index (κ2) is 6.37. The van der Waals surface area contributed by atoms with Crippen LogP contribution < -0.4 is 5.43 Å². The molecular formula is C13H18N2O2. The molecule has 2 rings (SSSR count). The molecule has 0 atom stereocenters. The highest BCUT2D eigenvalue weighted by Crippen LogP contribution is 2.02. The minimum atomic E-state index is 0.0794. The van der Waals surface area contributed by atoms with Gasteiger partial charge in [0.15, 0.2) is 0 Å². The van der Waals surface area contributed by atoms with E-state index in [9.17, 15) is 4.79 Å². The van der Waals surface area contributed by atoms with Crippen molar-refractivity contribution < 1.29 is 9.53 Å². The smallest absolute Gasteiger partial charge is 0.234 e. The van der Waals surface area contributed by atoms with Crippen molar-refractivity contribution in [3.05, 3.63) is 35.9 Å². The van der Waals surface area contributed by atoms with Gasteiger partial charge in [-0.15, -0.1) is 0 Å². The molecule has 4 heteroatoms. The third-order valence-corrected chi connectivity index (χ3v) is 2.78. The van der Waals surface area contributed by atoms with E-state index in [2.05, 4.69) is 5.43 Å². The minimum absolute atomic E-state index is 0.0794. The Bertz CT molecular complexity index is 348. The first kappa shape index (κ1) is 12.1. The van der Waals surface area contributed by atoms with E-state index < -0.39 is 0 Å². The average molecular weight is 234 g/mol. The third-order valence-electron chi connectivity index (χ3n) is 2.78. The Morgan fingerprint density at radius 3 is 2.65 bits per heavy atom. The summed E-state index contributed by atoms with van der Waals surface area (Å²) >= 11 is 0. The predicted molar refractivity (Wildman–Crippen MR) is 65.3 cm³/mol. The Balaban J connectivity index is 1.70. The molecule has 1 N–H and O–H groups in total. The number of carbonyl (C=O) groups excluding carboxylic acids is 1. The Labute approximate surface area is 102 Å². The summed E-state index contributed by atoms with van der Waals surface area (Å²) in [6, 6.07) is 10.1. The van der Waals surface area contributed by atoms with Crippen LogP contribution in [-0.4, -0.2) is 37.2 Å². The van der Waals surface area contributed by atoms with Crippen LogP contribution >= 0.6 is 0 Å². The van der Waals surface area contributed by atoms with Crippen LogP contribution in [0.25, 0.3) is 0 Å². The molecule has 0 saturated carbocycles. The van der Waals surface area contributed by atoms with E-state index in [4.69, 9.17) is 4.74 Å². The lowest BCUT2D eigenvalue weighted by Gasteiger charge is -2.26. The Morgan fingerprint density at radius 1 is 1.24 bits per heavy atom. The van der Waals surface area contributed by atoms with E-state index in [0.29, 0.717) is 19.6 Å². The first-order chi connectivity index (χ1) is 8.34. The number of benzene rings is 1. The molecule has 1 aliphatic rings. The van der Waals surface area contributed by atoms with E-state index >= 15 is 0 Å². The molecule has 0 radical (unpaired) electrons. The summed E-state index contributed by atoms with van der Waals surface area (Å²) in [4.78, 5) is 11.7. The van der Waals surface area contributed by atoms with Crippen LogP contribution in [0.1, 0.15) is 12.0 Å². The van der Waals surface area contributed by atoms with Gasteiger partial charge in [0.2, 0.25) is 5.91 Å². The highest BCUT2D eigenvalue weighted by Gasteiger charge is 2.12. The molecule has 92 valence electrons. The number of nitrogens with one attached hydrogen (secondary N) is 1. The van der Waals surface area contributed by atoms with Crippen molar-refractivity contribution in [1.29, 1.82) is 0 Å². The van der Waals surface area contributed by atoms with E-state index in [1.54, 1.807) is 0 Å². The quantitative estimate of drug-likeness (QED) is 0.844. The summed E-state index contributed by atoms with van der Waals surface area (Å²) in [5, 5.41) is 1.93. The predicted octanol–water partition coefficient (Wildman–Crippen LogP) is 0.983. The fraction of sp³-hybridized carbons (Fsp3) is 0.462. The van der Waals surface area contributed by atoms with E-state index in [1.165, 1.54) is 5.56 Å². The number of ether oxygens (including phenoxy) is 1. The van der Waals surface area contributed by atoms with E-state index in [1.807, 2.05) is 35.3 Å². The molecule has 0 aromatic heterocycles. The van der Waals surface area contributed by atoms with Crippen molar-refractivity contribution in [3.8, 4) is 0 Å². The Morgan fingerprint density at radius 2 is 1.94 bits per heavy atom. The fourth-order valence-corrected chi connectivity index (χ4v) is 1.81. The van der Waals surface area contributed by atoms with Gasteiger partial charge in [-0.25, -0.2) is 5.01 Å². The molecule has 1 heterocycles. The number of hydrogen-bond acceptors (Lipinski definition) is 3. The van der Waals surface area contributed by atoms with Crippen molar-refractivity contribution in [3.63, 3.8) is 0 Å². The molecular weight excluding hydrogens is 216 g/mol. The zero-order chi connectivity index (χ0) is 11.9. The van der Waals surface area contributed by atoms with Crippen LogP contribution in [-0.2, 0) is 16.0 Å². The molecule has 1 saturated heterocycles. The molecule has 1 amide bonds. The van der Waals surface area contributed by atoms with Gasteiger partial charge in [0.1, 0.15) is 0 Å². The summed E-state index contributed by atoms with van der Waals surface area (Å²) < 4.78 is 5.22. The van der Waals surface area contributed by atoms with Crippen LogP contribution in [0.3, 0.4) is 0 Å². The summed E-state index contributed by atoms with van der Waals surface area (Å²) in [7, 11) is 0. The summed E-state index contributed by atoms with van der Waals surface area (Å²) in [5.41, 5.74) is 4.10. The molecule has 17 heavy (non-hydrogen) atoms. The molecule has 0 bridgehead atoms. The number of morpholine rings is 1. The second-order valence-corrected chi connectivity index (χ2v) is 4.12. The lowest BCUT2D eigenvalue weighted by atomic mass is 10.1. The zero-order valence-electron chi connectivity index (χ0n) is 9.89. The topological polar surface area (TPSA) is 41.6 Å². The molecule has 4 nitrogen and oxygen atoms in total. The molecule has 1 aliphatic heterocycles. The van der Waals surface area contributed by atoms with E-state index in [0.717, 1.165) is 19.5 Å². The first-order valence-electron chi connectivity index (χ1n) is 6.01.